The SMILES string of the molecule is CCOc1ccc(-c2[nH]cnc(=S)c2C)cc1OCC. The summed E-state index contributed by atoms with van der Waals surface area (Å²) in [6.07, 6.45) is 1.61. The molecule has 1 aromatic carbocycles. The first-order valence-corrected chi connectivity index (χ1v) is 7.02. The van der Waals surface area contributed by atoms with Crippen molar-refractivity contribution in [1.29, 1.82) is 0 Å². The standard InChI is InChI=1S/C15H18N2O2S/c1-4-18-12-7-6-11(8-13(12)19-5-2)14-10(3)15(20)17-9-16-14/h6-9H,4-5H2,1-3H3,(H,16,17,20). The highest BCUT2D eigenvalue weighted by molar-refractivity contribution is 7.71. The van der Waals surface area contributed by atoms with Crippen molar-refractivity contribution in [2.75, 3.05) is 13.2 Å². The first-order valence-electron chi connectivity index (χ1n) is 6.61. The van der Waals surface area contributed by atoms with Gasteiger partial charge in [0.15, 0.2) is 11.5 Å². The molecule has 0 radical (unpaired) electrons. The Morgan fingerprint density at radius 3 is 2.55 bits per heavy atom. The lowest BCUT2D eigenvalue weighted by Gasteiger charge is -2.13. The van der Waals surface area contributed by atoms with E-state index in [4.69, 9.17) is 21.7 Å². The molecule has 1 heterocycles. The van der Waals surface area contributed by atoms with E-state index >= 15 is 0 Å². The molecule has 5 heteroatoms. The van der Waals surface area contributed by atoms with Gasteiger partial charge in [-0.3, -0.25) is 0 Å². The maximum atomic E-state index is 5.64. The third-order valence-corrected chi connectivity index (χ3v) is 3.33. The average Bonchev–Trinajstić information content (AvgIpc) is 2.44. The third kappa shape index (κ3) is 2.99. The molecule has 1 aromatic heterocycles. The minimum atomic E-state index is 0.592. The van der Waals surface area contributed by atoms with Crippen LogP contribution in [0.5, 0.6) is 11.5 Å². The summed E-state index contributed by atoms with van der Waals surface area (Å²) >= 11 is 5.21. The lowest BCUT2D eigenvalue weighted by Crippen LogP contribution is -1.99. The van der Waals surface area contributed by atoms with Crippen LogP contribution in [0.2, 0.25) is 0 Å². The molecule has 0 bridgehead atoms. The largest absolute Gasteiger partial charge is 0.490 e. The van der Waals surface area contributed by atoms with Crippen LogP contribution >= 0.6 is 12.2 Å². The van der Waals surface area contributed by atoms with Gasteiger partial charge in [-0.15, -0.1) is 0 Å². The van der Waals surface area contributed by atoms with E-state index in [9.17, 15) is 0 Å². The van der Waals surface area contributed by atoms with Gasteiger partial charge < -0.3 is 14.5 Å². The molecule has 0 amide bonds. The van der Waals surface area contributed by atoms with E-state index in [1.54, 1.807) is 6.33 Å². The second-order valence-electron chi connectivity index (χ2n) is 4.24. The fourth-order valence-corrected chi connectivity index (χ4v) is 2.13. The van der Waals surface area contributed by atoms with E-state index in [-0.39, 0.29) is 0 Å². The number of rotatable bonds is 5. The van der Waals surface area contributed by atoms with Gasteiger partial charge in [0.1, 0.15) is 4.64 Å². The van der Waals surface area contributed by atoms with Gasteiger partial charge >= 0.3 is 0 Å². The van der Waals surface area contributed by atoms with Crippen molar-refractivity contribution in [3.05, 3.63) is 34.7 Å². The minimum absolute atomic E-state index is 0.592. The summed E-state index contributed by atoms with van der Waals surface area (Å²) in [7, 11) is 0. The summed E-state index contributed by atoms with van der Waals surface area (Å²) in [6, 6.07) is 5.86. The van der Waals surface area contributed by atoms with Gasteiger partial charge in [-0.05, 0) is 39.0 Å². The molecule has 0 aliphatic rings. The molecule has 2 rings (SSSR count). The van der Waals surface area contributed by atoms with Crippen molar-refractivity contribution in [3.8, 4) is 22.8 Å². The van der Waals surface area contributed by atoms with Crippen LogP contribution in [0.4, 0.5) is 0 Å². The Balaban J connectivity index is 2.50. The number of ether oxygens (including phenoxy) is 2. The van der Waals surface area contributed by atoms with Crippen LogP contribution in [0.25, 0.3) is 11.3 Å². The number of nitrogens with zero attached hydrogens (tertiary/aromatic N) is 1. The minimum Gasteiger partial charge on any atom is -0.490 e. The number of benzene rings is 1. The molecule has 0 saturated carbocycles. The van der Waals surface area contributed by atoms with Crippen LogP contribution in [0.3, 0.4) is 0 Å². The van der Waals surface area contributed by atoms with Gasteiger partial charge in [0, 0.05) is 11.1 Å². The molecule has 0 aliphatic heterocycles. The van der Waals surface area contributed by atoms with Crippen LogP contribution in [0.1, 0.15) is 19.4 Å². The van der Waals surface area contributed by atoms with Crippen molar-refractivity contribution in [2.45, 2.75) is 20.8 Å². The molecule has 1 N–H and O–H groups in total. The Bertz CT molecular complexity index is 653. The fourth-order valence-electron chi connectivity index (χ4n) is 1.97. The van der Waals surface area contributed by atoms with Gasteiger partial charge in [-0.2, -0.15) is 0 Å². The summed E-state index contributed by atoms with van der Waals surface area (Å²) < 4.78 is 11.8. The molecule has 0 atom stereocenters. The molecule has 0 fully saturated rings. The molecule has 4 nitrogen and oxygen atoms in total. The third-order valence-electron chi connectivity index (χ3n) is 2.92. The summed E-state index contributed by atoms with van der Waals surface area (Å²) in [5, 5.41) is 0. The molecule has 0 spiro atoms. The van der Waals surface area contributed by atoms with E-state index in [1.807, 2.05) is 39.0 Å². The van der Waals surface area contributed by atoms with E-state index in [2.05, 4.69) is 9.97 Å². The number of aromatic nitrogens is 2. The first kappa shape index (κ1) is 14.5. The van der Waals surface area contributed by atoms with Crippen molar-refractivity contribution < 1.29 is 9.47 Å². The van der Waals surface area contributed by atoms with Crippen LogP contribution in [-0.2, 0) is 0 Å². The van der Waals surface area contributed by atoms with Gasteiger partial charge in [0.2, 0.25) is 0 Å². The van der Waals surface area contributed by atoms with Crippen molar-refractivity contribution in [1.82, 2.24) is 9.97 Å². The number of hydrogen-bond acceptors (Lipinski definition) is 4. The van der Waals surface area contributed by atoms with Crippen LogP contribution in [-0.4, -0.2) is 23.2 Å². The van der Waals surface area contributed by atoms with Gasteiger partial charge in [-0.25, -0.2) is 4.98 Å². The topological polar surface area (TPSA) is 47.1 Å². The number of hydrogen-bond donors (Lipinski definition) is 1. The Labute approximate surface area is 123 Å². The van der Waals surface area contributed by atoms with Gasteiger partial charge in [-0.1, -0.05) is 12.2 Å². The quantitative estimate of drug-likeness (QED) is 0.848. The molecule has 0 saturated heterocycles. The Morgan fingerprint density at radius 1 is 1.15 bits per heavy atom. The monoisotopic (exact) mass is 290 g/mol. The van der Waals surface area contributed by atoms with Gasteiger partial charge in [0.25, 0.3) is 0 Å². The average molecular weight is 290 g/mol. The molecule has 0 aliphatic carbocycles. The van der Waals surface area contributed by atoms with E-state index in [0.29, 0.717) is 17.9 Å². The van der Waals surface area contributed by atoms with E-state index < -0.39 is 0 Å². The van der Waals surface area contributed by atoms with Crippen LogP contribution < -0.4 is 9.47 Å². The molecule has 20 heavy (non-hydrogen) atoms. The lowest BCUT2D eigenvalue weighted by atomic mass is 10.1. The zero-order valence-corrected chi connectivity index (χ0v) is 12.7. The van der Waals surface area contributed by atoms with E-state index in [0.717, 1.165) is 28.3 Å². The van der Waals surface area contributed by atoms with Crippen LogP contribution in [0, 0.1) is 11.6 Å². The van der Waals surface area contributed by atoms with Gasteiger partial charge in [0.05, 0.1) is 25.2 Å². The molecular weight excluding hydrogens is 272 g/mol. The molecule has 2 aromatic rings. The highest BCUT2D eigenvalue weighted by Gasteiger charge is 2.10. The summed E-state index contributed by atoms with van der Waals surface area (Å²) in [6.45, 7) is 7.06. The predicted octanol–water partition coefficient (Wildman–Crippen LogP) is 3.91. The maximum absolute atomic E-state index is 5.64. The van der Waals surface area contributed by atoms with Crippen LogP contribution in [0.15, 0.2) is 24.5 Å². The Morgan fingerprint density at radius 2 is 1.85 bits per heavy atom. The second-order valence-corrected chi connectivity index (χ2v) is 4.62. The lowest BCUT2D eigenvalue weighted by molar-refractivity contribution is 0.288. The first-order chi connectivity index (χ1) is 9.67. The normalized spacial score (nSPS) is 10.3. The summed E-state index contributed by atoms with van der Waals surface area (Å²) in [5.41, 5.74) is 2.91. The zero-order valence-electron chi connectivity index (χ0n) is 11.9. The number of H-pyrrole nitrogens is 1. The van der Waals surface area contributed by atoms with Crippen molar-refractivity contribution >= 4 is 12.2 Å². The predicted molar refractivity (Wildman–Crippen MR) is 81.9 cm³/mol. The Hall–Kier alpha value is -1.88. The smallest absolute Gasteiger partial charge is 0.161 e. The van der Waals surface area contributed by atoms with E-state index in [1.165, 1.54) is 0 Å². The number of nitrogens with one attached hydrogen (secondary N) is 1. The van der Waals surface area contributed by atoms with Crippen molar-refractivity contribution in [3.63, 3.8) is 0 Å². The Kier molecular flexibility index (Phi) is 4.74. The highest BCUT2D eigenvalue weighted by Crippen LogP contribution is 2.33. The molecule has 0 unspecified atom stereocenters. The number of aromatic amines is 1. The fraction of sp³-hybridized carbons (Fsp3) is 0.333. The summed E-state index contributed by atoms with van der Waals surface area (Å²) in [4.78, 5) is 7.21. The zero-order chi connectivity index (χ0) is 14.5. The summed E-state index contributed by atoms with van der Waals surface area (Å²) in [5.74, 6) is 1.49. The van der Waals surface area contributed by atoms with Crippen molar-refractivity contribution in [2.24, 2.45) is 0 Å². The second kappa shape index (κ2) is 6.52. The molecule has 106 valence electrons. The highest BCUT2D eigenvalue weighted by atomic mass is 32.1. The molecular formula is C15H18N2O2S. The maximum Gasteiger partial charge on any atom is 0.161 e.